The topological polar surface area (TPSA) is 54.1 Å². The second-order valence-corrected chi connectivity index (χ2v) is 8.35. The van der Waals surface area contributed by atoms with Crippen molar-refractivity contribution in [2.45, 2.75) is 38.2 Å². The van der Waals surface area contributed by atoms with Crippen LogP contribution in [0.15, 0.2) is 72.9 Å². The largest absolute Gasteiger partial charge is 0.444 e. The first kappa shape index (κ1) is 20.3. The summed E-state index contributed by atoms with van der Waals surface area (Å²) in [5.41, 5.74) is 5.76. The van der Waals surface area contributed by atoms with Gasteiger partial charge in [0.25, 0.3) is 0 Å². The molecule has 1 heterocycles. The van der Waals surface area contributed by atoms with Gasteiger partial charge >= 0.3 is 6.09 Å². The highest BCUT2D eigenvalue weighted by atomic mass is 19.1. The molecule has 32 heavy (non-hydrogen) atoms. The van der Waals surface area contributed by atoms with E-state index in [4.69, 9.17) is 4.74 Å². The summed E-state index contributed by atoms with van der Waals surface area (Å²) in [6, 6.07) is 20.6. The highest BCUT2D eigenvalue weighted by molar-refractivity contribution is 6.00. The molecule has 0 aliphatic heterocycles. The first-order valence-corrected chi connectivity index (χ1v) is 11.0. The van der Waals surface area contributed by atoms with E-state index in [-0.39, 0.29) is 17.8 Å². The molecule has 2 N–H and O–H groups in total. The predicted octanol–water partition coefficient (Wildman–Crippen LogP) is 6.70. The van der Waals surface area contributed by atoms with Crippen molar-refractivity contribution in [2.75, 3.05) is 5.32 Å². The Labute approximate surface area is 186 Å². The minimum absolute atomic E-state index is 0.173. The molecular weight excluding hydrogens is 403 g/mol. The van der Waals surface area contributed by atoms with Gasteiger partial charge in [0.15, 0.2) is 0 Å². The van der Waals surface area contributed by atoms with Gasteiger partial charge < -0.3 is 9.72 Å². The van der Waals surface area contributed by atoms with Crippen molar-refractivity contribution in [3.63, 3.8) is 0 Å². The standard InChI is InChI=1S/C27H25FN2O2/c1-2-27(14-13-19-15-20(28)11-12-22(19)27)23-16-29-25-21(23)9-6-10-24(25)30-26(31)32-17-18-7-4-3-5-8-18/h3-12,15-16,29H,2,13-14,17H2,1H3,(H,30,31). The molecule has 5 rings (SSSR count). The molecule has 4 aromatic rings. The van der Waals surface area contributed by atoms with Crippen LogP contribution in [0.4, 0.5) is 14.9 Å². The van der Waals surface area contributed by atoms with Crippen LogP contribution in [-0.4, -0.2) is 11.1 Å². The first-order valence-electron chi connectivity index (χ1n) is 11.0. The van der Waals surface area contributed by atoms with Crippen molar-refractivity contribution in [2.24, 2.45) is 0 Å². The summed E-state index contributed by atoms with van der Waals surface area (Å²) in [5.74, 6) is -0.185. The Hall–Kier alpha value is -3.60. The molecule has 0 radical (unpaired) electrons. The average Bonchev–Trinajstić information content (AvgIpc) is 3.41. The van der Waals surface area contributed by atoms with E-state index in [9.17, 15) is 9.18 Å². The summed E-state index contributed by atoms with van der Waals surface area (Å²) < 4.78 is 19.2. The second kappa shape index (κ2) is 8.15. The number of rotatable bonds is 5. The van der Waals surface area contributed by atoms with E-state index >= 15 is 0 Å². The summed E-state index contributed by atoms with van der Waals surface area (Å²) in [7, 11) is 0. The lowest BCUT2D eigenvalue weighted by Crippen LogP contribution is -2.23. The highest BCUT2D eigenvalue weighted by Gasteiger charge is 2.40. The fraction of sp³-hybridized carbons (Fsp3) is 0.222. The van der Waals surface area contributed by atoms with E-state index in [1.54, 1.807) is 12.1 Å². The quantitative estimate of drug-likeness (QED) is 0.372. The predicted molar refractivity (Wildman–Crippen MR) is 124 cm³/mol. The number of aryl methyl sites for hydroxylation is 1. The monoisotopic (exact) mass is 428 g/mol. The molecular formula is C27H25FN2O2. The number of hydrogen-bond acceptors (Lipinski definition) is 2. The van der Waals surface area contributed by atoms with Gasteiger partial charge in [-0.3, -0.25) is 5.32 Å². The lowest BCUT2D eigenvalue weighted by molar-refractivity contribution is 0.155. The zero-order chi connectivity index (χ0) is 22.1. The van der Waals surface area contributed by atoms with Gasteiger partial charge in [0, 0.05) is 17.0 Å². The minimum Gasteiger partial charge on any atom is -0.444 e. The number of amides is 1. The molecule has 0 fully saturated rings. The fourth-order valence-electron chi connectivity index (χ4n) is 5.08. The van der Waals surface area contributed by atoms with Gasteiger partial charge in [-0.2, -0.15) is 0 Å². The number of carbonyl (C=O) groups is 1. The van der Waals surface area contributed by atoms with Gasteiger partial charge in [-0.25, -0.2) is 9.18 Å². The van der Waals surface area contributed by atoms with Crippen LogP contribution >= 0.6 is 0 Å². The van der Waals surface area contributed by atoms with E-state index in [0.717, 1.165) is 41.3 Å². The Balaban J connectivity index is 1.44. The van der Waals surface area contributed by atoms with Crippen molar-refractivity contribution < 1.29 is 13.9 Å². The van der Waals surface area contributed by atoms with Gasteiger partial charge in [0.2, 0.25) is 0 Å². The molecule has 3 aromatic carbocycles. The maximum absolute atomic E-state index is 13.8. The number of hydrogen-bond donors (Lipinski definition) is 2. The molecule has 4 nitrogen and oxygen atoms in total. The van der Waals surface area contributed by atoms with Crippen LogP contribution in [0, 0.1) is 5.82 Å². The third-order valence-corrected chi connectivity index (χ3v) is 6.69. The molecule has 1 aromatic heterocycles. The third kappa shape index (κ3) is 3.44. The Morgan fingerprint density at radius 1 is 1.09 bits per heavy atom. The third-order valence-electron chi connectivity index (χ3n) is 6.69. The molecule has 0 saturated heterocycles. The maximum atomic E-state index is 13.8. The molecule has 1 unspecified atom stereocenters. The number of nitrogens with one attached hydrogen (secondary N) is 2. The van der Waals surface area contributed by atoms with Gasteiger partial charge in [-0.1, -0.05) is 55.5 Å². The fourth-order valence-corrected chi connectivity index (χ4v) is 5.08. The number of fused-ring (bicyclic) bond motifs is 2. The van der Waals surface area contributed by atoms with Crippen LogP contribution in [0.3, 0.4) is 0 Å². The molecule has 1 aliphatic carbocycles. The van der Waals surface area contributed by atoms with Crippen LogP contribution in [0.25, 0.3) is 10.9 Å². The SMILES string of the molecule is CCC1(c2c[nH]c3c(NC(=O)OCc4ccccc4)cccc23)CCc2cc(F)ccc21. The zero-order valence-electron chi connectivity index (χ0n) is 18.0. The number of aromatic amines is 1. The maximum Gasteiger partial charge on any atom is 0.412 e. The molecule has 1 atom stereocenters. The smallest absolute Gasteiger partial charge is 0.412 e. The van der Waals surface area contributed by atoms with Crippen LogP contribution in [0.1, 0.15) is 42.0 Å². The summed E-state index contributed by atoms with van der Waals surface area (Å²) in [6.07, 6.45) is 4.25. The van der Waals surface area contributed by atoms with Crippen molar-refractivity contribution in [3.8, 4) is 0 Å². The Morgan fingerprint density at radius 2 is 1.94 bits per heavy atom. The summed E-state index contributed by atoms with van der Waals surface area (Å²) in [5, 5.41) is 3.93. The number of anilines is 1. The number of carbonyl (C=O) groups excluding carboxylic acids is 1. The average molecular weight is 429 g/mol. The van der Waals surface area contributed by atoms with E-state index < -0.39 is 6.09 Å². The van der Waals surface area contributed by atoms with E-state index in [2.05, 4.69) is 23.3 Å². The second-order valence-electron chi connectivity index (χ2n) is 8.35. The summed E-state index contributed by atoms with van der Waals surface area (Å²) in [4.78, 5) is 15.8. The Morgan fingerprint density at radius 3 is 2.75 bits per heavy atom. The molecule has 1 amide bonds. The van der Waals surface area contributed by atoms with Gasteiger partial charge in [-0.15, -0.1) is 0 Å². The van der Waals surface area contributed by atoms with E-state index in [1.165, 1.54) is 11.1 Å². The van der Waals surface area contributed by atoms with Gasteiger partial charge in [0.1, 0.15) is 12.4 Å². The Kier molecular flexibility index (Phi) is 5.17. The molecule has 0 bridgehead atoms. The van der Waals surface area contributed by atoms with Crippen LogP contribution in [0.5, 0.6) is 0 Å². The van der Waals surface area contributed by atoms with Crippen molar-refractivity contribution >= 4 is 22.7 Å². The number of benzene rings is 3. The number of H-pyrrole nitrogens is 1. The van der Waals surface area contributed by atoms with Crippen LogP contribution in [0.2, 0.25) is 0 Å². The first-order chi connectivity index (χ1) is 15.6. The lowest BCUT2D eigenvalue weighted by atomic mass is 9.73. The lowest BCUT2D eigenvalue weighted by Gasteiger charge is -2.29. The minimum atomic E-state index is -0.496. The van der Waals surface area contributed by atoms with E-state index in [1.807, 2.05) is 54.7 Å². The zero-order valence-corrected chi connectivity index (χ0v) is 18.0. The van der Waals surface area contributed by atoms with Crippen molar-refractivity contribution in [1.82, 2.24) is 4.98 Å². The van der Waals surface area contributed by atoms with Crippen LogP contribution in [-0.2, 0) is 23.2 Å². The molecule has 0 spiro atoms. The van der Waals surface area contributed by atoms with Crippen molar-refractivity contribution in [1.29, 1.82) is 0 Å². The molecule has 162 valence electrons. The highest BCUT2D eigenvalue weighted by Crippen LogP contribution is 2.49. The number of para-hydroxylation sites is 1. The van der Waals surface area contributed by atoms with Gasteiger partial charge in [-0.05, 0) is 59.7 Å². The summed E-state index contributed by atoms with van der Waals surface area (Å²) >= 11 is 0. The molecule has 1 aliphatic rings. The normalized spacial score (nSPS) is 17.3. The van der Waals surface area contributed by atoms with Crippen molar-refractivity contribution in [3.05, 3.63) is 101 Å². The molecule has 0 saturated carbocycles. The summed E-state index contributed by atoms with van der Waals surface area (Å²) in [6.45, 7) is 2.39. The van der Waals surface area contributed by atoms with E-state index in [0.29, 0.717) is 5.69 Å². The molecule has 5 heteroatoms. The number of aromatic nitrogens is 1. The number of ether oxygens (including phenoxy) is 1. The van der Waals surface area contributed by atoms with Gasteiger partial charge in [0.05, 0.1) is 11.2 Å². The van der Waals surface area contributed by atoms with Crippen LogP contribution < -0.4 is 5.32 Å². The number of halogens is 1. The Bertz CT molecular complexity index is 1280.